The molecule has 1 rings (SSSR count). The van der Waals surface area contributed by atoms with Crippen molar-refractivity contribution < 1.29 is 29.3 Å². The van der Waals surface area contributed by atoms with Crippen LogP contribution in [0.15, 0.2) is 30.3 Å². The molecule has 1 unspecified atom stereocenters. The zero-order chi connectivity index (χ0) is 17.2. The van der Waals surface area contributed by atoms with Crippen LogP contribution in [0.25, 0.3) is 0 Å². The Labute approximate surface area is 134 Å². The van der Waals surface area contributed by atoms with Gasteiger partial charge in [-0.25, -0.2) is 9.59 Å². The average Bonchev–Trinajstić information content (AvgIpc) is 2.51. The maximum Gasteiger partial charge on any atom is 0.407 e. The summed E-state index contributed by atoms with van der Waals surface area (Å²) in [4.78, 5) is 33.1. The van der Waals surface area contributed by atoms with Crippen molar-refractivity contribution in [2.24, 2.45) is 5.92 Å². The van der Waals surface area contributed by atoms with Crippen LogP contribution in [0.2, 0.25) is 0 Å². The van der Waals surface area contributed by atoms with Gasteiger partial charge in [0.05, 0.1) is 13.0 Å². The van der Waals surface area contributed by atoms with Crippen molar-refractivity contribution in [3.8, 4) is 0 Å². The van der Waals surface area contributed by atoms with E-state index in [0.29, 0.717) is 0 Å². The highest BCUT2D eigenvalue weighted by atomic mass is 16.5. The summed E-state index contributed by atoms with van der Waals surface area (Å²) >= 11 is 0. The Balaban J connectivity index is 2.46. The van der Waals surface area contributed by atoms with Crippen LogP contribution in [0.1, 0.15) is 25.3 Å². The van der Waals surface area contributed by atoms with E-state index in [0.717, 1.165) is 18.4 Å². The van der Waals surface area contributed by atoms with Crippen molar-refractivity contribution in [3.63, 3.8) is 0 Å². The lowest BCUT2D eigenvalue weighted by Gasteiger charge is -2.17. The molecule has 7 nitrogen and oxygen atoms in total. The monoisotopic (exact) mass is 323 g/mol. The van der Waals surface area contributed by atoms with Crippen molar-refractivity contribution in [2.75, 3.05) is 6.61 Å². The zero-order valence-electron chi connectivity index (χ0n) is 12.9. The van der Waals surface area contributed by atoms with Gasteiger partial charge in [0, 0.05) is 0 Å². The number of hydrogen-bond donors (Lipinski definition) is 3. The molecule has 126 valence electrons. The maximum atomic E-state index is 11.6. The smallest absolute Gasteiger partial charge is 0.407 e. The molecule has 0 fully saturated rings. The number of carbonyl (C=O) groups is 3. The van der Waals surface area contributed by atoms with Gasteiger partial charge in [-0.05, 0) is 24.3 Å². The molecule has 0 aliphatic heterocycles. The van der Waals surface area contributed by atoms with Gasteiger partial charge >= 0.3 is 18.0 Å². The second kappa shape index (κ2) is 9.45. The third-order valence-electron chi connectivity index (χ3n) is 3.36. The SMILES string of the molecule is CCC(COC(=O)N[C@@H](CC(=O)O)C(=O)O)Cc1ccccc1. The molecule has 1 amide bonds. The van der Waals surface area contributed by atoms with Crippen molar-refractivity contribution in [3.05, 3.63) is 35.9 Å². The maximum absolute atomic E-state index is 11.6. The van der Waals surface area contributed by atoms with Gasteiger partial charge in [0.1, 0.15) is 6.04 Å². The fraction of sp³-hybridized carbons (Fsp3) is 0.438. The molecule has 23 heavy (non-hydrogen) atoms. The molecule has 0 radical (unpaired) electrons. The van der Waals surface area contributed by atoms with Gasteiger partial charge in [-0.1, -0.05) is 37.3 Å². The molecule has 0 spiro atoms. The Morgan fingerprint density at radius 3 is 2.35 bits per heavy atom. The van der Waals surface area contributed by atoms with E-state index in [4.69, 9.17) is 14.9 Å². The van der Waals surface area contributed by atoms with Gasteiger partial charge in [0.15, 0.2) is 0 Å². The minimum absolute atomic E-state index is 0.103. The number of rotatable bonds is 9. The van der Waals surface area contributed by atoms with Crippen LogP contribution in [0.5, 0.6) is 0 Å². The lowest BCUT2D eigenvalue weighted by molar-refractivity contribution is -0.145. The molecule has 2 atom stereocenters. The first-order valence-corrected chi connectivity index (χ1v) is 7.34. The Hall–Kier alpha value is -2.57. The van der Waals surface area contributed by atoms with Gasteiger partial charge in [0.2, 0.25) is 0 Å². The van der Waals surface area contributed by atoms with Crippen LogP contribution in [-0.2, 0) is 20.7 Å². The Bertz CT molecular complexity index is 531. The fourth-order valence-corrected chi connectivity index (χ4v) is 2.02. The summed E-state index contributed by atoms with van der Waals surface area (Å²) < 4.78 is 5.02. The minimum Gasteiger partial charge on any atom is -0.481 e. The number of benzene rings is 1. The van der Waals surface area contributed by atoms with Crippen LogP contribution >= 0.6 is 0 Å². The molecule has 0 aromatic heterocycles. The molecule has 0 bridgehead atoms. The molecule has 0 aliphatic carbocycles. The Morgan fingerprint density at radius 2 is 1.83 bits per heavy atom. The van der Waals surface area contributed by atoms with E-state index in [-0.39, 0.29) is 12.5 Å². The molecule has 0 aliphatic rings. The molecule has 1 aromatic carbocycles. The highest BCUT2D eigenvalue weighted by molar-refractivity contribution is 5.84. The largest absolute Gasteiger partial charge is 0.481 e. The summed E-state index contributed by atoms with van der Waals surface area (Å²) in [5.41, 5.74) is 1.12. The lowest BCUT2D eigenvalue weighted by Crippen LogP contribution is -2.42. The summed E-state index contributed by atoms with van der Waals surface area (Å²) in [6.45, 7) is 2.11. The molecule has 0 heterocycles. The van der Waals surface area contributed by atoms with Crippen molar-refractivity contribution in [1.82, 2.24) is 5.32 Å². The van der Waals surface area contributed by atoms with Crippen LogP contribution < -0.4 is 5.32 Å². The zero-order valence-corrected chi connectivity index (χ0v) is 12.9. The van der Waals surface area contributed by atoms with Crippen LogP contribution in [0, 0.1) is 5.92 Å². The molecule has 0 saturated carbocycles. The Morgan fingerprint density at radius 1 is 1.17 bits per heavy atom. The van der Waals surface area contributed by atoms with Crippen molar-refractivity contribution in [1.29, 1.82) is 0 Å². The van der Waals surface area contributed by atoms with Gasteiger partial charge in [-0.3, -0.25) is 4.79 Å². The summed E-state index contributed by atoms with van der Waals surface area (Å²) in [5, 5.41) is 19.5. The molecular weight excluding hydrogens is 302 g/mol. The van der Waals surface area contributed by atoms with E-state index in [1.165, 1.54) is 0 Å². The second-order valence-electron chi connectivity index (χ2n) is 5.20. The van der Waals surface area contributed by atoms with Gasteiger partial charge in [-0.15, -0.1) is 0 Å². The summed E-state index contributed by atoms with van der Waals surface area (Å²) in [5.74, 6) is -2.63. The third kappa shape index (κ3) is 7.30. The number of amides is 1. The summed E-state index contributed by atoms with van der Waals surface area (Å²) in [6.07, 6.45) is -0.0990. The van der Waals surface area contributed by atoms with Crippen LogP contribution in [-0.4, -0.2) is 40.9 Å². The van der Waals surface area contributed by atoms with Gasteiger partial charge < -0.3 is 20.3 Å². The molecule has 1 aromatic rings. The predicted octanol–water partition coefficient (Wildman–Crippen LogP) is 1.91. The number of carbonyl (C=O) groups excluding carboxylic acids is 1. The standard InChI is InChI=1S/C16H21NO6/c1-2-11(8-12-6-4-3-5-7-12)10-23-16(22)17-13(15(20)21)9-14(18)19/h3-7,11,13H,2,8-10H2,1H3,(H,17,22)(H,18,19)(H,20,21)/t11?,13-/m0/s1. The summed E-state index contributed by atoms with van der Waals surface area (Å²) in [6, 6.07) is 8.24. The molecule has 3 N–H and O–H groups in total. The van der Waals surface area contributed by atoms with E-state index in [9.17, 15) is 14.4 Å². The highest BCUT2D eigenvalue weighted by Gasteiger charge is 2.24. The highest BCUT2D eigenvalue weighted by Crippen LogP contribution is 2.12. The topological polar surface area (TPSA) is 113 Å². The van der Waals surface area contributed by atoms with E-state index in [2.05, 4.69) is 0 Å². The second-order valence-corrected chi connectivity index (χ2v) is 5.20. The molecule has 0 saturated heterocycles. The average molecular weight is 323 g/mol. The van der Waals surface area contributed by atoms with Crippen molar-refractivity contribution in [2.45, 2.75) is 32.2 Å². The number of carboxylic acids is 2. The van der Waals surface area contributed by atoms with E-state index < -0.39 is 30.5 Å². The first kappa shape index (κ1) is 18.5. The third-order valence-corrected chi connectivity index (χ3v) is 3.36. The Kier molecular flexibility index (Phi) is 7.59. The fourth-order valence-electron chi connectivity index (χ4n) is 2.02. The number of alkyl carbamates (subject to hydrolysis) is 1. The van der Waals surface area contributed by atoms with Gasteiger partial charge in [-0.2, -0.15) is 0 Å². The summed E-state index contributed by atoms with van der Waals surface area (Å²) in [7, 11) is 0. The normalized spacial score (nSPS) is 12.9. The van der Waals surface area contributed by atoms with E-state index in [1.807, 2.05) is 42.6 Å². The first-order valence-electron chi connectivity index (χ1n) is 7.34. The van der Waals surface area contributed by atoms with E-state index in [1.54, 1.807) is 0 Å². The number of nitrogens with one attached hydrogen (secondary N) is 1. The van der Waals surface area contributed by atoms with Gasteiger partial charge in [0.25, 0.3) is 0 Å². The molecule has 7 heteroatoms. The quantitative estimate of drug-likeness (QED) is 0.640. The minimum atomic E-state index is -1.51. The number of aliphatic carboxylic acids is 2. The van der Waals surface area contributed by atoms with E-state index >= 15 is 0 Å². The lowest BCUT2D eigenvalue weighted by atomic mass is 9.98. The van der Waals surface area contributed by atoms with Crippen molar-refractivity contribution >= 4 is 18.0 Å². The molecular formula is C16H21NO6. The number of carboxylic acid groups (broad SMARTS) is 2. The number of hydrogen-bond acceptors (Lipinski definition) is 4. The van der Waals surface area contributed by atoms with Crippen LogP contribution in [0.3, 0.4) is 0 Å². The number of ether oxygens (including phenoxy) is 1. The van der Waals surface area contributed by atoms with Crippen LogP contribution in [0.4, 0.5) is 4.79 Å². The predicted molar refractivity (Wildman–Crippen MR) is 82.1 cm³/mol. The first-order chi connectivity index (χ1) is 10.9.